The fourth-order valence-corrected chi connectivity index (χ4v) is 3.38. The number of piperazine rings is 1. The SMILES string of the molecule is CNCC1CN(c2ccccc2Br)CC(C)(C)N1C. The minimum absolute atomic E-state index is 0.176. The molecular weight excluding hydrogens is 302 g/mol. The van der Waals surface area contributed by atoms with Crippen molar-refractivity contribution in [2.24, 2.45) is 0 Å². The van der Waals surface area contributed by atoms with Crippen LogP contribution in [0.1, 0.15) is 13.8 Å². The maximum Gasteiger partial charge on any atom is 0.0511 e. The highest BCUT2D eigenvalue weighted by Gasteiger charge is 2.37. The Hall–Kier alpha value is -0.580. The molecule has 0 bridgehead atoms. The van der Waals surface area contributed by atoms with Gasteiger partial charge in [-0.3, -0.25) is 4.90 Å². The van der Waals surface area contributed by atoms with E-state index in [0.29, 0.717) is 6.04 Å². The van der Waals surface area contributed by atoms with Crippen LogP contribution in [0.3, 0.4) is 0 Å². The zero-order chi connectivity index (χ0) is 14.0. The van der Waals surface area contributed by atoms with Gasteiger partial charge in [0, 0.05) is 35.7 Å². The van der Waals surface area contributed by atoms with E-state index in [1.54, 1.807) is 0 Å². The molecule has 0 amide bonds. The predicted molar refractivity (Wildman–Crippen MR) is 85.9 cm³/mol. The lowest BCUT2D eigenvalue weighted by atomic mass is 9.95. The lowest BCUT2D eigenvalue weighted by molar-refractivity contribution is 0.0809. The van der Waals surface area contributed by atoms with E-state index in [0.717, 1.165) is 19.6 Å². The van der Waals surface area contributed by atoms with Crippen molar-refractivity contribution in [3.05, 3.63) is 28.7 Å². The van der Waals surface area contributed by atoms with Crippen molar-refractivity contribution < 1.29 is 0 Å². The monoisotopic (exact) mass is 325 g/mol. The van der Waals surface area contributed by atoms with Gasteiger partial charge in [-0.15, -0.1) is 0 Å². The van der Waals surface area contributed by atoms with Gasteiger partial charge in [-0.25, -0.2) is 0 Å². The van der Waals surface area contributed by atoms with Crippen LogP contribution in [0, 0.1) is 0 Å². The van der Waals surface area contributed by atoms with Gasteiger partial charge in [0.1, 0.15) is 0 Å². The van der Waals surface area contributed by atoms with Crippen LogP contribution in [0.5, 0.6) is 0 Å². The van der Waals surface area contributed by atoms with E-state index >= 15 is 0 Å². The molecule has 0 radical (unpaired) electrons. The molecule has 1 unspecified atom stereocenters. The highest BCUT2D eigenvalue weighted by molar-refractivity contribution is 9.10. The quantitative estimate of drug-likeness (QED) is 0.921. The topological polar surface area (TPSA) is 18.5 Å². The van der Waals surface area contributed by atoms with Crippen molar-refractivity contribution in [1.82, 2.24) is 10.2 Å². The van der Waals surface area contributed by atoms with Crippen LogP contribution in [0.15, 0.2) is 28.7 Å². The Kier molecular flexibility index (Phi) is 4.54. The number of halogens is 1. The molecule has 1 aromatic rings. The van der Waals surface area contributed by atoms with E-state index in [2.05, 4.69) is 76.2 Å². The van der Waals surface area contributed by atoms with E-state index in [-0.39, 0.29) is 5.54 Å². The number of rotatable bonds is 3. The number of hydrogen-bond acceptors (Lipinski definition) is 3. The summed E-state index contributed by atoms with van der Waals surface area (Å²) in [6.07, 6.45) is 0. The first-order valence-corrected chi connectivity index (χ1v) is 7.62. The summed E-state index contributed by atoms with van der Waals surface area (Å²) in [5.74, 6) is 0. The summed E-state index contributed by atoms with van der Waals surface area (Å²) in [7, 11) is 4.26. The summed E-state index contributed by atoms with van der Waals surface area (Å²) in [5, 5.41) is 3.31. The Morgan fingerprint density at radius 3 is 2.68 bits per heavy atom. The molecule has 0 saturated carbocycles. The van der Waals surface area contributed by atoms with E-state index in [1.807, 2.05) is 7.05 Å². The Morgan fingerprint density at radius 2 is 2.05 bits per heavy atom. The van der Waals surface area contributed by atoms with Crippen LogP contribution in [0.2, 0.25) is 0 Å². The number of benzene rings is 1. The Labute approximate surface area is 125 Å². The van der Waals surface area contributed by atoms with Gasteiger partial charge in [-0.2, -0.15) is 0 Å². The molecule has 1 heterocycles. The van der Waals surface area contributed by atoms with Crippen LogP contribution < -0.4 is 10.2 Å². The van der Waals surface area contributed by atoms with E-state index in [9.17, 15) is 0 Å². The average Bonchev–Trinajstić information content (AvgIpc) is 2.35. The van der Waals surface area contributed by atoms with E-state index in [1.165, 1.54) is 10.2 Å². The van der Waals surface area contributed by atoms with Gasteiger partial charge < -0.3 is 10.2 Å². The zero-order valence-electron chi connectivity index (χ0n) is 12.3. The van der Waals surface area contributed by atoms with E-state index < -0.39 is 0 Å². The van der Waals surface area contributed by atoms with E-state index in [4.69, 9.17) is 0 Å². The van der Waals surface area contributed by atoms with Gasteiger partial charge in [0.05, 0.1) is 5.69 Å². The van der Waals surface area contributed by atoms with Crippen molar-refractivity contribution in [3.8, 4) is 0 Å². The molecule has 0 spiro atoms. The lowest BCUT2D eigenvalue weighted by Gasteiger charge is -2.51. The summed E-state index contributed by atoms with van der Waals surface area (Å²) in [5.41, 5.74) is 1.47. The Bertz CT molecular complexity index is 433. The second kappa shape index (κ2) is 5.81. The van der Waals surface area contributed by atoms with Crippen LogP contribution in [0.4, 0.5) is 5.69 Å². The molecule has 1 saturated heterocycles. The Morgan fingerprint density at radius 1 is 1.37 bits per heavy atom. The first kappa shape index (κ1) is 14.8. The predicted octanol–water partition coefficient (Wildman–Crippen LogP) is 2.57. The van der Waals surface area contributed by atoms with Crippen LogP contribution in [0.25, 0.3) is 0 Å². The van der Waals surface area contributed by atoms with Gasteiger partial charge >= 0.3 is 0 Å². The average molecular weight is 326 g/mol. The maximum atomic E-state index is 3.67. The molecule has 19 heavy (non-hydrogen) atoms. The minimum Gasteiger partial charge on any atom is -0.367 e. The summed E-state index contributed by atoms with van der Waals surface area (Å²) in [6.45, 7) is 7.76. The zero-order valence-corrected chi connectivity index (χ0v) is 13.9. The molecule has 0 aromatic heterocycles. The molecule has 2 rings (SSSR count). The number of anilines is 1. The third-order valence-electron chi connectivity index (χ3n) is 4.14. The molecule has 106 valence electrons. The van der Waals surface area contributed by atoms with Crippen molar-refractivity contribution in [1.29, 1.82) is 0 Å². The summed E-state index contributed by atoms with van der Waals surface area (Å²) >= 11 is 3.67. The standard InChI is InChI=1S/C15H24BrN3/c1-15(2)11-19(10-12(9-17-3)18(15)4)14-8-6-5-7-13(14)16/h5-8,12,17H,9-11H2,1-4H3. The second-order valence-corrected chi connectivity index (χ2v) is 6.82. The van der Waals surface area contributed by atoms with Crippen molar-refractivity contribution >= 4 is 21.6 Å². The molecule has 1 atom stereocenters. The molecule has 3 nitrogen and oxygen atoms in total. The Balaban J connectivity index is 2.25. The van der Waals surface area contributed by atoms with Gasteiger partial charge in [0.25, 0.3) is 0 Å². The molecule has 1 aliphatic rings. The second-order valence-electron chi connectivity index (χ2n) is 5.97. The molecule has 1 fully saturated rings. The summed E-state index contributed by atoms with van der Waals surface area (Å²) in [6, 6.07) is 9.02. The molecule has 1 aromatic carbocycles. The van der Waals surface area contributed by atoms with Crippen LogP contribution in [-0.4, -0.2) is 50.2 Å². The van der Waals surface area contributed by atoms with Crippen LogP contribution >= 0.6 is 15.9 Å². The van der Waals surface area contributed by atoms with Gasteiger partial charge in [-0.1, -0.05) is 12.1 Å². The van der Waals surface area contributed by atoms with Crippen LogP contribution in [-0.2, 0) is 0 Å². The number of nitrogens with zero attached hydrogens (tertiary/aromatic N) is 2. The molecular formula is C15H24BrN3. The highest BCUT2D eigenvalue weighted by Crippen LogP contribution is 2.32. The number of para-hydroxylation sites is 1. The number of nitrogens with one attached hydrogen (secondary N) is 1. The lowest BCUT2D eigenvalue weighted by Crippen LogP contribution is -2.64. The summed E-state index contributed by atoms with van der Waals surface area (Å²) < 4.78 is 1.18. The van der Waals surface area contributed by atoms with Gasteiger partial charge in [0.2, 0.25) is 0 Å². The largest absolute Gasteiger partial charge is 0.367 e. The van der Waals surface area contributed by atoms with Gasteiger partial charge in [0.15, 0.2) is 0 Å². The third-order valence-corrected chi connectivity index (χ3v) is 4.81. The number of likely N-dealkylation sites (N-methyl/N-ethyl adjacent to an activating group) is 2. The maximum absolute atomic E-state index is 3.67. The smallest absolute Gasteiger partial charge is 0.0511 e. The fourth-order valence-electron chi connectivity index (χ4n) is 2.84. The van der Waals surface area contributed by atoms with Gasteiger partial charge in [-0.05, 0) is 56.0 Å². The first-order chi connectivity index (χ1) is 8.95. The molecule has 0 aliphatic carbocycles. The third kappa shape index (κ3) is 3.12. The normalized spacial score (nSPS) is 23.6. The van der Waals surface area contributed by atoms with Crippen molar-refractivity contribution in [2.45, 2.75) is 25.4 Å². The molecule has 4 heteroatoms. The molecule has 1 N–H and O–H groups in total. The minimum atomic E-state index is 0.176. The first-order valence-electron chi connectivity index (χ1n) is 6.83. The fraction of sp³-hybridized carbons (Fsp3) is 0.600. The number of hydrogen-bond donors (Lipinski definition) is 1. The van der Waals surface area contributed by atoms with Crippen molar-refractivity contribution in [2.75, 3.05) is 38.6 Å². The van der Waals surface area contributed by atoms with Crippen molar-refractivity contribution in [3.63, 3.8) is 0 Å². The highest BCUT2D eigenvalue weighted by atomic mass is 79.9. The summed E-state index contributed by atoms with van der Waals surface area (Å²) in [4.78, 5) is 4.99. The molecule has 1 aliphatic heterocycles.